The fourth-order valence-electron chi connectivity index (χ4n) is 2.60. The molecule has 3 rings (SSSR count). The number of nitrogens with zero attached hydrogens (tertiary/aromatic N) is 3. The number of nitrogens with one attached hydrogen (secondary N) is 1. The summed E-state index contributed by atoms with van der Waals surface area (Å²) in [6.07, 6.45) is 2.90. The number of aromatic nitrogens is 2. The third-order valence-corrected chi connectivity index (χ3v) is 4.12. The largest absolute Gasteiger partial charge is 0.480 e. The van der Waals surface area contributed by atoms with Gasteiger partial charge in [-0.15, -0.1) is 0 Å². The Morgan fingerprint density at radius 2 is 2.00 bits per heavy atom. The van der Waals surface area contributed by atoms with Crippen molar-refractivity contribution in [3.05, 3.63) is 52.3 Å². The number of carboxylic acid groups (broad SMARTS) is 1. The summed E-state index contributed by atoms with van der Waals surface area (Å²) < 4.78 is 1.22. The first kappa shape index (κ1) is 15.7. The van der Waals surface area contributed by atoms with Crippen LogP contribution >= 0.6 is 0 Å². The molecular formula is C15H14N4O5. The Kier molecular flexibility index (Phi) is 3.76. The van der Waals surface area contributed by atoms with Crippen LogP contribution in [-0.4, -0.2) is 37.2 Å². The molecule has 2 aromatic rings. The van der Waals surface area contributed by atoms with Crippen molar-refractivity contribution >= 4 is 17.6 Å². The van der Waals surface area contributed by atoms with Crippen molar-refractivity contribution in [2.24, 2.45) is 0 Å². The molecule has 1 amide bonds. The Labute approximate surface area is 136 Å². The molecule has 1 aromatic heterocycles. The van der Waals surface area contributed by atoms with Crippen molar-refractivity contribution in [1.29, 1.82) is 0 Å². The lowest BCUT2D eigenvalue weighted by atomic mass is 9.76. The van der Waals surface area contributed by atoms with Crippen molar-refractivity contribution < 1.29 is 19.6 Å². The zero-order valence-electron chi connectivity index (χ0n) is 12.5. The second kappa shape index (κ2) is 5.76. The fourth-order valence-corrected chi connectivity index (χ4v) is 2.60. The monoisotopic (exact) mass is 330 g/mol. The normalized spacial score (nSPS) is 15.3. The maximum atomic E-state index is 12.2. The average molecular weight is 330 g/mol. The lowest BCUT2D eigenvalue weighted by Crippen LogP contribution is -2.59. The number of rotatable bonds is 5. The van der Waals surface area contributed by atoms with Gasteiger partial charge in [-0.25, -0.2) is 9.48 Å². The molecule has 1 aromatic carbocycles. The van der Waals surface area contributed by atoms with Gasteiger partial charge >= 0.3 is 5.97 Å². The van der Waals surface area contributed by atoms with E-state index >= 15 is 0 Å². The molecule has 2 N–H and O–H groups in total. The van der Waals surface area contributed by atoms with Gasteiger partial charge in [-0.1, -0.05) is 12.1 Å². The molecule has 124 valence electrons. The van der Waals surface area contributed by atoms with Crippen LogP contribution in [0.1, 0.15) is 29.8 Å². The number of hydrogen-bond acceptors (Lipinski definition) is 5. The van der Waals surface area contributed by atoms with Gasteiger partial charge in [0.05, 0.1) is 4.92 Å². The van der Waals surface area contributed by atoms with Crippen LogP contribution in [0.25, 0.3) is 5.69 Å². The van der Waals surface area contributed by atoms with Crippen LogP contribution in [0.2, 0.25) is 0 Å². The third kappa shape index (κ3) is 2.60. The van der Waals surface area contributed by atoms with Gasteiger partial charge in [0.15, 0.2) is 5.69 Å². The molecule has 0 atom stereocenters. The smallest absolute Gasteiger partial charge is 0.329 e. The predicted molar refractivity (Wildman–Crippen MR) is 81.9 cm³/mol. The number of hydrogen-bond donors (Lipinski definition) is 2. The SMILES string of the molecule is O=C(NC1(C(=O)O)CCC1)c1ccn(-c2ccccc2[N+](=O)[O-])n1. The molecule has 1 heterocycles. The second-order valence-electron chi connectivity index (χ2n) is 5.59. The number of nitro benzene ring substituents is 1. The van der Waals surface area contributed by atoms with Gasteiger partial charge in [0.2, 0.25) is 0 Å². The van der Waals surface area contributed by atoms with E-state index in [9.17, 15) is 24.8 Å². The summed E-state index contributed by atoms with van der Waals surface area (Å²) in [7, 11) is 0. The zero-order valence-corrected chi connectivity index (χ0v) is 12.5. The predicted octanol–water partition coefficient (Wildman–Crippen LogP) is 1.52. The van der Waals surface area contributed by atoms with Crippen LogP contribution in [0, 0.1) is 10.1 Å². The van der Waals surface area contributed by atoms with Crippen LogP contribution in [0.4, 0.5) is 5.69 Å². The summed E-state index contributed by atoms with van der Waals surface area (Å²) in [5, 5.41) is 26.8. The van der Waals surface area contributed by atoms with E-state index in [1.807, 2.05) is 0 Å². The summed E-state index contributed by atoms with van der Waals surface area (Å²) in [4.78, 5) is 34.1. The van der Waals surface area contributed by atoms with Gasteiger partial charge in [-0.2, -0.15) is 5.10 Å². The van der Waals surface area contributed by atoms with E-state index in [1.165, 1.54) is 35.1 Å². The standard InChI is InChI=1S/C15H14N4O5/c20-13(16-15(14(21)22)7-3-8-15)10-6-9-18(17-10)11-4-1-2-5-12(11)19(23)24/h1-2,4-6,9H,3,7-8H2,(H,16,20)(H,21,22). The van der Waals surface area contributed by atoms with Crippen molar-refractivity contribution in [3.8, 4) is 5.69 Å². The minimum Gasteiger partial charge on any atom is -0.480 e. The highest BCUT2D eigenvalue weighted by Gasteiger charge is 2.46. The topological polar surface area (TPSA) is 127 Å². The third-order valence-electron chi connectivity index (χ3n) is 4.12. The molecule has 0 aliphatic heterocycles. The fraction of sp³-hybridized carbons (Fsp3) is 0.267. The van der Waals surface area contributed by atoms with Crippen LogP contribution in [-0.2, 0) is 4.79 Å². The molecule has 0 unspecified atom stereocenters. The number of carbonyl (C=O) groups is 2. The summed E-state index contributed by atoms with van der Waals surface area (Å²) >= 11 is 0. The first-order valence-corrected chi connectivity index (χ1v) is 7.28. The molecule has 0 bridgehead atoms. The molecule has 1 saturated carbocycles. The van der Waals surface area contributed by atoms with Crippen LogP contribution in [0.3, 0.4) is 0 Å². The second-order valence-corrected chi connectivity index (χ2v) is 5.59. The van der Waals surface area contributed by atoms with E-state index in [4.69, 9.17) is 0 Å². The minimum absolute atomic E-state index is 0.000626. The van der Waals surface area contributed by atoms with Crippen molar-refractivity contribution in [3.63, 3.8) is 0 Å². The van der Waals surface area contributed by atoms with E-state index in [1.54, 1.807) is 6.07 Å². The van der Waals surface area contributed by atoms with Gasteiger partial charge < -0.3 is 10.4 Å². The van der Waals surface area contributed by atoms with Crippen molar-refractivity contribution in [2.75, 3.05) is 0 Å². The maximum Gasteiger partial charge on any atom is 0.329 e. The number of nitro groups is 1. The van der Waals surface area contributed by atoms with Gasteiger partial charge in [0.25, 0.3) is 11.6 Å². The van der Waals surface area contributed by atoms with Gasteiger partial charge in [0.1, 0.15) is 11.2 Å². The van der Waals surface area contributed by atoms with E-state index < -0.39 is 22.3 Å². The average Bonchev–Trinajstić information content (AvgIpc) is 3.00. The van der Waals surface area contributed by atoms with Gasteiger partial charge in [-0.3, -0.25) is 14.9 Å². The highest BCUT2D eigenvalue weighted by atomic mass is 16.6. The Bertz CT molecular complexity index is 825. The Morgan fingerprint density at radius 1 is 1.29 bits per heavy atom. The maximum absolute atomic E-state index is 12.2. The molecule has 1 fully saturated rings. The van der Waals surface area contributed by atoms with Crippen LogP contribution < -0.4 is 5.32 Å². The number of aliphatic carboxylic acids is 1. The molecule has 0 spiro atoms. The highest BCUT2D eigenvalue weighted by Crippen LogP contribution is 2.32. The summed E-state index contributed by atoms with van der Waals surface area (Å²) in [6.45, 7) is 0. The summed E-state index contributed by atoms with van der Waals surface area (Å²) in [5.41, 5.74) is -1.16. The molecule has 24 heavy (non-hydrogen) atoms. The van der Waals surface area contributed by atoms with Crippen LogP contribution in [0.5, 0.6) is 0 Å². The molecule has 1 aliphatic rings. The Hall–Kier alpha value is -3.23. The number of para-hydroxylation sites is 2. The Morgan fingerprint density at radius 3 is 2.58 bits per heavy atom. The number of carboxylic acids is 1. The number of amides is 1. The number of benzene rings is 1. The molecule has 9 heteroatoms. The van der Waals surface area contributed by atoms with E-state index in [-0.39, 0.29) is 17.1 Å². The van der Waals surface area contributed by atoms with Crippen molar-refractivity contribution in [1.82, 2.24) is 15.1 Å². The minimum atomic E-state index is -1.24. The molecule has 0 saturated heterocycles. The lowest BCUT2D eigenvalue weighted by molar-refractivity contribution is -0.384. The van der Waals surface area contributed by atoms with E-state index in [0.29, 0.717) is 12.8 Å². The van der Waals surface area contributed by atoms with Crippen LogP contribution in [0.15, 0.2) is 36.5 Å². The lowest BCUT2D eigenvalue weighted by Gasteiger charge is -2.37. The van der Waals surface area contributed by atoms with E-state index in [2.05, 4.69) is 10.4 Å². The highest BCUT2D eigenvalue weighted by molar-refractivity contribution is 5.96. The Balaban J connectivity index is 1.85. The molecule has 0 radical (unpaired) electrons. The number of carbonyl (C=O) groups excluding carboxylic acids is 1. The van der Waals surface area contributed by atoms with Gasteiger partial charge in [0, 0.05) is 12.3 Å². The molecule has 9 nitrogen and oxygen atoms in total. The summed E-state index contributed by atoms with van der Waals surface area (Å²) in [5.74, 6) is -1.69. The zero-order chi connectivity index (χ0) is 17.3. The van der Waals surface area contributed by atoms with Crippen molar-refractivity contribution in [2.45, 2.75) is 24.8 Å². The van der Waals surface area contributed by atoms with Gasteiger partial charge in [-0.05, 0) is 31.4 Å². The van der Waals surface area contributed by atoms with E-state index in [0.717, 1.165) is 6.42 Å². The quantitative estimate of drug-likeness (QED) is 0.632. The molecular weight excluding hydrogens is 316 g/mol. The molecule has 1 aliphatic carbocycles. The first-order chi connectivity index (χ1) is 11.4. The summed E-state index contributed by atoms with van der Waals surface area (Å²) in [6, 6.07) is 7.39. The first-order valence-electron chi connectivity index (χ1n) is 7.28.